The van der Waals surface area contributed by atoms with Crippen molar-refractivity contribution in [3.63, 3.8) is 0 Å². The normalized spacial score (nSPS) is 12.7. The Morgan fingerprint density at radius 1 is 1.09 bits per heavy atom. The highest BCUT2D eigenvalue weighted by atomic mass is 32.2. The lowest BCUT2D eigenvalue weighted by molar-refractivity contribution is -0.113. The largest absolute Gasteiger partial charge is 0.497 e. The third-order valence-electron chi connectivity index (χ3n) is 4.95. The van der Waals surface area contributed by atoms with Gasteiger partial charge in [-0.05, 0) is 55.5 Å². The van der Waals surface area contributed by atoms with Gasteiger partial charge in [0.15, 0.2) is 4.34 Å². The third kappa shape index (κ3) is 5.22. The number of methoxy groups -OCH3 is 1. The van der Waals surface area contributed by atoms with E-state index < -0.39 is 0 Å². The molecule has 3 N–H and O–H groups in total. The zero-order chi connectivity index (χ0) is 22.5. The van der Waals surface area contributed by atoms with Crippen molar-refractivity contribution in [2.75, 3.05) is 35.9 Å². The summed E-state index contributed by atoms with van der Waals surface area (Å²) in [7, 11) is 3.38. The molecule has 0 radical (unpaired) electrons. The number of thiophene rings is 1. The highest BCUT2D eigenvalue weighted by Crippen LogP contribution is 2.39. The Balaban J connectivity index is 1.49. The molecule has 3 aromatic rings. The molecule has 1 aliphatic carbocycles. The number of hydrogen-bond donors (Lipinski definition) is 3. The van der Waals surface area contributed by atoms with Crippen molar-refractivity contribution < 1.29 is 14.3 Å². The molecular weight excluding hydrogens is 466 g/mol. The first-order valence-corrected chi connectivity index (χ1v) is 12.7. The average molecular weight is 490 g/mol. The number of anilines is 3. The van der Waals surface area contributed by atoms with Gasteiger partial charge in [-0.3, -0.25) is 9.59 Å². The molecule has 32 heavy (non-hydrogen) atoms. The van der Waals surface area contributed by atoms with E-state index in [-0.39, 0.29) is 17.6 Å². The van der Waals surface area contributed by atoms with Crippen LogP contribution in [0.25, 0.3) is 0 Å². The van der Waals surface area contributed by atoms with Gasteiger partial charge in [-0.25, -0.2) is 0 Å². The molecule has 0 unspecified atom stereocenters. The fourth-order valence-corrected chi connectivity index (χ4v) is 6.23. The lowest BCUT2D eigenvalue weighted by Gasteiger charge is -2.13. The van der Waals surface area contributed by atoms with Crippen LogP contribution >= 0.6 is 34.4 Å². The van der Waals surface area contributed by atoms with E-state index in [1.807, 2.05) is 0 Å². The fraction of sp³-hybridized carbons (Fsp3) is 0.333. The van der Waals surface area contributed by atoms with Crippen molar-refractivity contribution in [2.24, 2.45) is 0 Å². The van der Waals surface area contributed by atoms with Crippen molar-refractivity contribution in [3.05, 3.63) is 40.3 Å². The summed E-state index contributed by atoms with van der Waals surface area (Å²) in [5.74, 6) is 0.535. The number of rotatable bonds is 8. The van der Waals surface area contributed by atoms with Crippen molar-refractivity contribution in [1.82, 2.24) is 10.2 Å². The number of nitrogens with zero attached hydrogens (tertiary/aromatic N) is 2. The molecule has 0 atom stereocenters. The quantitative estimate of drug-likeness (QED) is 0.400. The van der Waals surface area contributed by atoms with Crippen LogP contribution in [0.1, 0.15) is 33.6 Å². The molecule has 0 saturated heterocycles. The van der Waals surface area contributed by atoms with Gasteiger partial charge in [0.2, 0.25) is 11.0 Å². The summed E-state index contributed by atoms with van der Waals surface area (Å²) in [6, 6.07) is 7.19. The summed E-state index contributed by atoms with van der Waals surface area (Å²) in [6.45, 7) is 0. The predicted molar refractivity (Wildman–Crippen MR) is 131 cm³/mol. The van der Waals surface area contributed by atoms with Crippen LogP contribution in [0, 0.1) is 0 Å². The van der Waals surface area contributed by atoms with E-state index in [4.69, 9.17) is 4.74 Å². The molecule has 0 fully saturated rings. The van der Waals surface area contributed by atoms with Gasteiger partial charge in [-0.2, -0.15) is 0 Å². The molecule has 0 spiro atoms. The van der Waals surface area contributed by atoms with E-state index in [2.05, 4.69) is 26.1 Å². The van der Waals surface area contributed by atoms with Gasteiger partial charge in [-0.1, -0.05) is 23.1 Å². The van der Waals surface area contributed by atoms with Crippen molar-refractivity contribution in [2.45, 2.75) is 30.0 Å². The summed E-state index contributed by atoms with van der Waals surface area (Å²) in [4.78, 5) is 27.0. The van der Waals surface area contributed by atoms with E-state index in [9.17, 15) is 9.59 Å². The highest BCUT2D eigenvalue weighted by molar-refractivity contribution is 8.01. The topological polar surface area (TPSA) is 105 Å². The minimum absolute atomic E-state index is 0.173. The van der Waals surface area contributed by atoms with Crippen molar-refractivity contribution >= 4 is 62.1 Å². The van der Waals surface area contributed by atoms with Crippen LogP contribution in [-0.2, 0) is 17.6 Å². The number of benzene rings is 1. The van der Waals surface area contributed by atoms with Crippen LogP contribution in [0.4, 0.5) is 15.8 Å². The summed E-state index contributed by atoms with van der Waals surface area (Å²) >= 11 is 4.23. The summed E-state index contributed by atoms with van der Waals surface area (Å²) in [5, 5.41) is 18.2. The predicted octanol–water partition coefficient (Wildman–Crippen LogP) is 4.51. The Bertz CT molecular complexity index is 1110. The van der Waals surface area contributed by atoms with Crippen LogP contribution < -0.4 is 20.7 Å². The number of carbonyl (C=O) groups is 2. The number of carbonyl (C=O) groups excluding carboxylic acids is 2. The van der Waals surface area contributed by atoms with E-state index in [0.29, 0.717) is 25.7 Å². The molecular formula is C21H23N5O3S3. The minimum atomic E-state index is -0.208. The number of aromatic nitrogens is 2. The Kier molecular flexibility index (Phi) is 7.28. The zero-order valence-electron chi connectivity index (χ0n) is 17.7. The SMILES string of the molecule is CNc1nnc(SCC(=O)Nc2sc3c(c2C(=O)Nc2ccc(OC)cc2)CCCC3)s1. The minimum Gasteiger partial charge on any atom is -0.497 e. The Morgan fingerprint density at radius 3 is 2.59 bits per heavy atom. The van der Waals surface area contributed by atoms with Gasteiger partial charge < -0.3 is 20.7 Å². The second-order valence-electron chi connectivity index (χ2n) is 7.06. The van der Waals surface area contributed by atoms with Crippen molar-refractivity contribution in [1.29, 1.82) is 0 Å². The van der Waals surface area contributed by atoms with Gasteiger partial charge in [0, 0.05) is 17.6 Å². The molecule has 0 aliphatic heterocycles. The van der Waals surface area contributed by atoms with Gasteiger partial charge in [0.1, 0.15) is 10.8 Å². The molecule has 0 saturated carbocycles. The maximum Gasteiger partial charge on any atom is 0.258 e. The number of aryl methyl sites for hydroxylation is 1. The molecule has 2 amide bonds. The number of thioether (sulfide) groups is 1. The molecule has 11 heteroatoms. The molecule has 4 rings (SSSR count). The number of nitrogens with one attached hydrogen (secondary N) is 3. The first-order valence-electron chi connectivity index (χ1n) is 10.1. The molecule has 168 valence electrons. The van der Waals surface area contributed by atoms with Crippen LogP contribution in [0.15, 0.2) is 28.6 Å². The van der Waals surface area contributed by atoms with Gasteiger partial charge in [-0.15, -0.1) is 21.5 Å². The van der Waals surface area contributed by atoms with Crippen LogP contribution in [0.2, 0.25) is 0 Å². The maximum atomic E-state index is 13.2. The standard InChI is InChI=1S/C21H23N5O3S3/c1-22-20-25-26-21(32-20)30-11-16(27)24-19-17(14-5-3-4-6-15(14)31-19)18(28)23-12-7-9-13(29-2)10-8-12/h7-10H,3-6,11H2,1-2H3,(H,22,25)(H,23,28)(H,24,27). The Hall–Kier alpha value is -2.63. The lowest BCUT2D eigenvalue weighted by atomic mass is 9.95. The average Bonchev–Trinajstić information content (AvgIpc) is 3.42. The van der Waals surface area contributed by atoms with Gasteiger partial charge in [0.05, 0.1) is 18.4 Å². The number of hydrogen-bond acceptors (Lipinski definition) is 9. The molecule has 1 aliphatic rings. The Morgan fingerprint density at radius 2 is 1.88 bits per heavy atom. The fourth-order valence-electron chi connectivity index (χ4n) is 3.42. The number of ether oxygens (including phenoxy) is 1. The van der Waals surface area contributed by atoms with Crippen LogP contribution in [0.3, 0.4) is 0 Å². The van der Waals surface area contributed by atoms with Gasteiger partial charge >= 0.3 is 0 Å². The lowest BCUT2D eigenvalue weighted by Crippen LogP contribution is -2.19. The smallest absolute Gasteiger partial charge is 0.258 e. The molecule has 2 aromatic heterocycles. The van der Waals surface area contributed by atoms with E-state index in [0.717, 1.165) is 37.0 Å². The van der Waals surface area contributed by atoms with Crippen molar-refractivity contribution in [3.8, 4) is 5.75 Å². The molecule has 2 heterocycles. The second kappa shape index (κ2) is 10.3. The highest BCUT2D eigenvalue weighted by Gasteiger charge is 2.26. The Labute approximate surface area is 198 Å². The van der Waals surface area contributed by atoms with E-state index in [1.54, 1.807) is 38.4 Å². The zero-order valence-corrected chi connectivity index (χ0v) is 20.1. The number of amides is 2. The van der Waals surface area contributed by atoms with Crippen LogP contribution in [-0.4, -0.2) is 41.9 Å². The first-order chi connectivity index (χ1) is 15.6. The van der Waals surface area contributed by atoms with Crippen LogP contribution in [0.5, 0.6) is 5.75 Å². The number of fused-ring (bicyclic) bond motifs is 1. The molecule has 0 bridgehead atoms. The summed E-state index contributed by atoms with van der Waals surface area (Å²) < 4.78 is 5.89. The monoisotopic (exact) mass is 489 g/mol. The maximum absolute atomic E-state index is 13.2. The summed E-state index contributed by atoms with van der Waals surface area (Å²) in [6.07, 6.45) is 3.92. The van der Waals surface area contributed by atoms with E-state index >= 15 is 0 Å². The molecule has 1 aromatic carbocycles. The third-order valence-corrected chi connectivity index (χ3v) is 8.23. The first kappa shape index (κ1) is 22.6. The van der Waals surface area contributed by atoms with Gasteiger partial charge in [0.25, 0.3) is 5.91 Å². The molecule has 8 nitrogen and oxygen atoms in total. The summed E-state index contributed by atoms with van der Waals surface area (Å²) in [5.41, 5.74) is 2.31. The second-order valence-corrected chi connectivity index (χ2v) is 10.4. The van der Waals surface area contributed by atoms with E-state index in [1.165, 1.54) is 39.3 Å².